The molecule has 0 saturated heterocycles. The largest absolute Gasteiger partial charge is 0.494 e. The number of benzene rings is 1. The van der Waals surface area contributed by atoms with Gasteiger partial charge in [0.05, 0.1) is 14.2 Å². The number of hydrogen-bond donors (Lipinski definition) is 1. The van der Waals surface area contributed by atoms with Crippen molar-refractivity contribution in [2.45, 2.75) is 18.3 Å². The van der Waals surface area contributed by atoms with Crippen molar-refractivity contribution in [1.82, 2.24) is 0 Å². The summed E-state index contributed by atoms with van der Waals surface area (Å²) in [7, 11) is 2.56. The third-order valence-corrected chi connectivity index (χ3v) is 3.37. The molecule has 0 unspecified atom stereocenters. The van der Waals surface area contributed by atoms with Crippen LogP contribution < -0.4 is 15.2 Å². The molecule has 0 atom stereocenters. The van der Waals surface area contributed by atoms with Crippen LogP contribution in [0, 0.1) is 11.6 Å². The fourth-order valence-corrected chi connectivity index (χ4v) is 2.04. The van der Waals surface area contributed by atoms with Crippen LogP contribution in [0.4, 0.5) is 8.78 Å². The summed E-state index contributed by atoms with van der Waals surface area (Å²) < 4.78 is 37.4. The zero-order valence-corrected chi connectivity index (χ0v) is 9.85. The Hall–Kier alpha value is -1.36. The lowest BCUT2D eigenvalue weighted by Crippen LogP contribution is -2.21. The monoisotopic (exact) mass is 243 g/mol. The quantitative estimate of drug-likeness (QED) is 0.879. The van der Waals surface area contributed by atoms with E-state index in [1.165, 1.54) is 20.3 Å². The molecule has 1 fully saturated rings. The first-order valence-electron chi connectivity index (χ1n) is 5.40. The second-order valence-corrected chi connectivity index (χ2v) is 4.27. The van der Waals surface area contributed by atoms with Crippen molar-refractivity contribution in [3.63, 3.8) is 0 Å². The lowest BCUT2D eigenvalue weighted by molar-refractivity contribution is 0.329. The number of rotatable bonds is 4. The van der Waals surface area contributed by atoms with Crippen LogP contribution in [0.15, 0.2) is 6.07 Å². The van der Waals surface area contributed by atoms with E-state index in [-0.39, 0.29) is 11.2 Å². The number of nitrogens with two attached hydrogens (primary N) is 1. The molecule has 0 bridgehead atoms. The standard InChI is InChI=1S/C12H15F2NO2/c1-16-8-5-7(12(6-15)3-4-12)9(13)11(17-2)10(8)14/h5H,3-4,6,15H2,1-2H3. The molecule has 1 aliphatic rings. The Labute approximate surface area is 98.5 Å². The molecule has 0 spiro atoms. The van der Waals surface area contributed by atoms with Crippen LogP contribution in [0.2, 0.25) is 0 Å². The van der Waals surface area contributed by atoms with E-state index >= 15 is 0 Å². The minimum absolute atomic E-state index is 0.0158. The van der Waals surface area contributed by atoms with Gasteiger partial charge in [-0.25, -0.2) is 4.39 Å². The van der Waals surface area contributed by atoms with Gasteiger partial charge in [0.2, 0.25) is 5.82 Å². The van der Waals surface area contributed by atoms with Crippen LogP contribution in [0.25, 0.3) is 0 Å². The highest BCUT2D eigenvalue weighted by atomic mass is 19.1. The van der Waals surface area contributed by atoms with Crippen LogP contribution in [-0.2, 0) is 5.41 Å². The SMILES string of the molecule is COc1cc(C2(CN)CC2)c(F)c(OC)c1F. The predicted octanol–water partition coefficient (Wildman–Crippen LogP) is 1.97. The molecule has 0 aliphatic heterocycles. The van der Waals surface area contributed by atoms with Gasteiger partial charge in [0.25, 0.3) is 0 Å². The van der Waals surface area contributed by atoms with Crippen LogP contribution in [-0.4, -0.2) is 20.8 Å². The summed E-state index contributed by atoms with van der Waals surface area (Å²) in [5.41, 5.74) is 5.66. The molecule has 5 heteroatoms. The Bertz CT molecular complexity index is 445. The maximum atomic E-state index is 14.1. The Balaban J connectivity index is 2.60. The first kappa shape index (κ1) is 12.1. The average Bonchev–Trinajstić information content (AvgIpc) is 3.11. The van der Waals surface area contributed by atoms with Gasteiger partial charge in [-0.1, -0.05) is 0 Å². The number of halogens is 2. The van der Waals surface area contributed by atoms with Gasteiger partial charge in [-0.2, -0.15) is 4.39 Å². The Morgan fingerprint density at radius 3 is 2.29 bits per heavy atom. The van der Waals surface area contributed by atoms with Crippen LogP contribution in [0.1, 0.15) is 18.4 Å². The van der Waals surface area contributed by atoms with Crippen molar-refractivity contribution < 1.29 is 18.3 Å². The van der Waals surface area contributed by atoms with E-state index in [9.17, 15) is 8.78 Å². The molecule has 1 saturated carbocycles. The second kappa shape index (κ2) is 4.14. The van der Waals surface area contributed by atoms with Gasteiger partial charge in [0, 0.05) is 17.5 Å². The van der Waals surface area contributed by atoms with Gasteiger partial charge in [-0.3, -0.25) is 0 Å². The first-order valence-corrected chi connectivity index (χ1v) is 5.40. The molecular weight excluding hydrogens is 228 g/mol. The second-order valence-electron chi connectivity index (χ2n) is 4.27. The van der Waals surface area contributed by atoms with E-state index in [0.717, 1.165) is 12.8 Å². The van der Waals surface area contributed by atoms with Gasteiger partial charge >= 0.3 is 0 Å². The van der Waals surface area contributed by atoms with Crippen LogP contribution in [0.3, 0.4) is 0 Å². The number of ether oxygens (including phenoxy) is 2. The van der Waals surface area contributed by atoms with Crippen molar-refractivity contribution in [2.75, 3.05) is 20.8 Å². The first-order chi connectivity index (χ1) is 8.09. The summed E-state index contributed by atoms with van der Waals surface area (Å²) in [5, 5.41) is 0. The highest BCUT2D eigenvalue weighted by molar-refractivity contribution is 5.47. The summed E-state index contributed by atoms with van der Waals surface area (Å²) in [6.07, 6.45) is 1.61. The molecule has 17 heavy (non-hydrogen) atoms. The summed E-state index contributed by atoms with van der Waals surface area (Å²) in [5.74, 6) is -1.91. The van der Waals surface area contributed by atoms with E-state index in [1.807, 2.05) is 0 Å². The number of hydrogen-bond acceptors (Lipinski definition) is 3. The Morgan fingerprint density at radius 2 is 1.88 bits per heavy atom. The van der Waals surface area contributed by atoms with Gasteiger partial charge in [0.1, 0.15) is 0 Å². The zero-order valence-electron chi connectivity index (χ0n) is 9.85. The van der Waals surface area contributed by atoms with Gasteiger partial charge in [-0.15, -0.1) is 0 Å². The molecule has 3 nitrogen and oxygen atoms in total. The van der Waals surface area contributed by atoms with Gasteiger partial charge in [0.15, 0.2) is 17.3 Å². The van der Waals surface area contributed by atoms with Crippen molar-refractivity contribution in [3.05, 3.63) is 23.3 Å². The van der Waals surface area contributed by atoms with E-state index < -0.39 is 17.4 Å². The average molecular weight is 243 g/mol. The molecule has 2 rings (SSSR count). The fourth-order valence-electron chi connectivity index (χ4n) is 2.04. The smallest absolute Gasteiger partial charge is 0.209 e. The highest BCUT2D eigenvalue weighted by Crippen LogP contribution is 2.51. The number of methoxy groups -OCH3 is 2. The minimum Gasteiger partial charge on any atom is -0.494 e. The third kappa shape index (κ3) is 1.74. The fraction of sp³-hybridized carbons (Fsp3) is 0.500. The normalized spacial score (nSPS) is 16.8. The van der Waals surface area contributed by atoms with Crippen molar-refractivity contribution in [1.29, 1.82) is 0 Å². The molecule has 94 valence electrons. The molecule has 1 aromatic carbocycles. The van der Waals surface area contributed by atoms with Gasteiger partial charge < -0.3 is 15.2 Å². The molecule has 1 aromatic rings. The molecule has 0 aromatic heterocycles. The molecular formula is C12H15F2NO2. The summed E-state index contributed by atoms with van der Waals surface area (Å²) in [6, 6.07) is 1.38. The van der Waals surface area contributed by atoms with E-state index in [0.29, 0.717) is 12.1 Å². The zero-order chi connectivity index (χ0) is 12.6. The minimum atomic E-state index is -0.816. The predicted molar refractivity (Wildman–Crippen MR) is 59.4 cm³/mol. The molecule has 0 amide bonds. The maximum absolute atomic E-state index is 14.1. The Kier molecular flexibility index (Phi) is 2.95. The van der Waals surface area contributed by atoms with E-state index in [4.69, 9.17) is 15.2 Å². The van der Waals surface area contributed by atoms with E-state index in [1.54, 1.807) is 0 Å². The lowest BCUT2D eigenvalue weighted by atomic mass is 9.94. The van der Waals surface area contributed by atoms with E-state index in [2.05, 4.69) is 0 Å². The van der Waals surface area contributed by atoms with Crippen LogP contribution in [0.5, 0.6) is 11.5 Å². The third-order valence-electron chi connectivity index (χ3n) is 3.37. The summed E-state index contributed by atoms with van der Waals surface area (Å²) in [4.78, 5) is 0. The van der Waals surface area contributed by atoms with Crippen LogP contribution >= 0.6 is 0 Å². The van der Waals surface area contributed by atoms with Crippen molar-refractivity contribution in [2.24, 2.45) is 5.73 Å². The molecule has 0 radical (unpaired) electrons. The molecule has 2 N–H and O–H groups in total. The molecule has 1 aliphatic carbocycles. The summed E-state index contributed by atoms with van der Waals surface area (Å²) in [6.45, 7) is 0.335. The summed E-state index contributed by atoms with van der Waals surface area (Å²) >= 11 is 0. The van der Waals surface area contributed by atoms with Crippen molar-refractivity contribution >= 4 is 0 Å². The molecule has 0 heterocycles. The topological polar surface area (TPSA) is 44.5 Å². The van der Waals surface area contributed by atoms with Crippen molar-refractivity contribution in [3.8, 4) is 11.5 Å². The maximum Gasteiger partial charge on any atom is 0.209 e. The highest BCUT2D eigenvalue weighted by Gasteiger charge is 2.46. The van der Waals surface area contributed by atoms with Gasteiger partial charge in [-0.05, 0) is 18.9 Å². The lowest BCUT2D eigenvalue weighted by Gasteiger charge is -2.18. The Morgan fingerprint density at radius 1 is 1.24 bits per heavy atom.